The van der Waals surface area contributed by atoms with Crippen LogP contribution in [0.15, 0.2) is 70.3 Å². The van der Waals surface area contributed by atoms with Crippen LogP contribution in [0.4, 0.5) is 0 Å². The van der Waals surface area contributed by atoms with Crippen LogP contribution in [0, 0.1) is 0 Å². The maximum absolute atomic E-state index is 5.78. The molecule has 0 fully saturated rings. The normalized spacial score (nSPS) is 20.3. The Balaban J connectivity index is 1.71. The van der Waals surface area contributed by atoms with Crippen LogP contribution in [0.3, 0.4) is 0 Å². The van der Waals surface area contributed by atoms with Gasteiger partial charge in [-0.15, -0.1) is 0 Å². The number of rotatable bonds is 3. The summed E-state index contributed by atoms with van der Waals surface area (Å²) in [5.74, 6) is 0. The molecule has 0 bridgehead atoms. The van der Waals surface area contributed by atoms with Gasteiger partial charge < -0.3 is 15.0 Å². The van der Waals surface area contributed by atoms with Crippen LogP contribution < -0.4 is 5.32 Å². The Bertz CT molecular complexity index is 821. The highest BCUT2D eigenvalue weighted by Crippen LogP contribution is 2.35. The Labute approximate surface area is 161 Å². The van der Waals surface area contributed by atoms with E-state index in [1.807, 2.05) is 12.1 Å². The second kappa shape index (κ2) is 7.28. The third kappa shape index (κ3) is 3.50. The van der Waals surface area contributed by atoms with Crippen molar-refractivity contribution in [2.45, 2.75) is 19.0 Å². The van der Waals surface area contributed by atoms with Gasteiger partial charge in [0.25, 0.3) is 0 Å². The average Bonchev–Trinajstić information content (AvgIpc) is 2.64. The number of nitrogens with zero attached hydrogens (tertiary/aromatic N) is 1. The second-order valence-corrected chi connectivity index (χ2v) is 7.59. The van der Waals surface area contributed by atoms with Crippen molar-refractivity contribution in [3.63, 3.8) is 0 Å². The summed E-state index contributed by atoms with van der Waals surface area (Å²) < 4.78 is 6.85. The van der Waals surface area contributed by atoms with Gasteiger partial charge in [-0.1, -0.05) is 58.4 Å². The van der Waals surface area contributed by atoms with Gasteiger partial charge in [0.05, 0.1) is 19.3 Å². The summed E-state index contributed by atoms with van der Waals surface area (Å²) >= 11 is 9.30. The maximum Gasteiger partial charge on any atom is 0.174 e. The summed E-state index contributed by atoms with van der Waals surface area (Å²) in [5.41, 5.74) is 5.05. The molecule has 2 aliphatic rings. The van der Waals surface area contributed by atoms with Crippen LogP contribution in [0.2, 0.25) is 0 Å². The quantitative estimate of drug-likeness (QED) is 0.744. The van der Waals surface area contributed by atoms with Crippen molar-refractivity contribution < 1.29 is 4.74 Å². The summed E-state index contributed by atoms with van der Waals surface area (Å²) in [7, 11) is 0. The lowest BCUT2D eigenvalue weighted by Gasteiger charge is -2.41. The highest BCUT2D eigenvalue weighted by Gasteiger charge is 2.33. The largest absolute Gasteiger partial charge is 0.377 e. The molecule has 0 saturated heterocycles. The number of thiocarbonyl (C=S) groups is 1. The predicted molar refractivity (Wildman–Crippen MR) is 107 cm³/mol. The van der Waals surface area contributed by atoms with Crippen LogP contribution in [0.25, 0.3) is 0 Å². The molecule has 1 atom stereocenters. The molecule has 0 amide bonds. The summed E-state index contributed by atoms with van der Waals surface area (Å²) in [6.07, 6.45) is 0.897. The van der Waals surface area contributed by atoms with Crippen LogP contribution in [-0.2, 0) is 11.3 Å². The van der Waals surface area contributed by atoms with E-state index in [0.717, 1.165) is 29.2 Å². The fourth-order valence-corrected chi connectivity index (χ4v) is 4.18. The zero-order chi connectivity index (χ0) is 17.2. The summed E-state index contributed by atoms with van der Waals surface area (Å²) in [4.78, 5) is 2.23. The molecular weight excluding hydrogens is 396 g/mol. The third-order valence-corrected chi connectivity index (χ3v) is 5.50. The first-order valence-corrected chi connectivity index (χ1v) is 9.59. The zero-order valence-electron chi connectivity index (χ0n) is 13.7. The molecule has 3 nitrogen and oxygen atoms in total. The molecule has 0 radical (unpaired) electrons. The Morgan fingerprint density at radius 1 is 1.16 bits per heavy atom. The summed E-state index contributed by atoms with van der Waals surface area (Å²) in [6, 6.07) is 18.9. The van der Waals surface area contributed by atoms with Crippen molar-refractivity contribution in [1.82, 2.24) is 10.2 Å². The molecule has 0 saturated carbocycles. The minimum absolute atomic E-state index is 0.0762. The summed E-state index contributed by atoms with van der Waals surface area (Å²) in [5, 5.41) is 4.31. The van der Waals surface area contributed by atoms with Crippen molar-refractivity contribution in [3.05, 3.63) is 81.5 Å². The molecule has 0 unspecified atom stereocenters. The molecule has 2 aromatic rings. The smallest absolute Gasteiger partial charge is 0.174 e. The molecule has 2 heterocycles. The molecule has 5 heteroatoms. The standard InChI is InChI=1S/C20H19BrN2OS/c21-16-8-4-7-15(11-16)19-17-13-24-10-9-18(17)23(20(25)22-19)12-14-5-2-1-3-6-14/h1-8,11,19H,9-10,12-13H2,(H,22,25)/t19-/m0/s1. The van der Waals surface area contributed by atoms with Crippen molar-refractivity contribution in [3.8, 4) is 0 Å². The van der Waals surface area contributed by atoms with Gasteiger partial charge in [0.1, 0.15) is 0 Å². The van der Waals surface area contributed by atoms with Crippen molar-refractivity contribution >= 4 is 33.3 Å². The van der Waals surface area contributed by atoms with E-state index in [4.69, 9.17) is 17.0 Å². The average molecular weight is 415 g/mol. The number of hydrogen-bond acceptors (Lipinski definition) is 2. The Kier molecular flexibility index (Phi) is 4.88. The molecule has 2 aromatic carbocycles. The first-order chi connectivity index (χ1) is 12.2. The predicted octanol–water partition coefficient (Wildman–Crippen LogP) is 4.55. The van der Waals surface area contributed by atoms with E-state index in [1.165, 1.54) is 22.4 Å². The van der Waals surface area contributed by atoms with E-state index in [1.54, 1.807) is 0 Å². The van der Waals surface area contributed by atoms with Crippen LogP contribution in [0.1, 0.15) is 23.6 Å². The number of halogens is 1. The van der Waals surface area contributed by atoms with Gasteiger partial charge in [0.2, 0.25) is 0 Å². The van der Waals surface area contributed by atoms with Gasteiger partial charge in [-0.25, -0.2) is 0 Å². The molecule has 0 aromatic heterocycles. The highest BCUT2D eigenvalue weighted by molar-refractivity contribution is 9.10. The molecule has 2 aliphatic heterocycles. The first-order valence-electron chi connectivity index (χ1n) is 8.39. The van der Waals surface area contributed by atoms with Crippen molar-refractivity contribution in [1.29, 1.82) is 0 Å². The minimum atomic E-state index is 0.0762. The van der Waals surface area contributed by atoms with E-state index in [0.29, 0.717) is 6.61 Å². The van der Waals surface area contributed by atoms with Gasteiger partial charge in [-0.3, -0.25) is 0 Å². The monoisotopic (exact) mass is 414 g/mol. The summed E-state index contributed by atoms with van der Waals surface area (Å²) in [6.45, 7) is 2.18. The highest BCUT2D eigenvalue weighted by atomic mass is 79.9. The topological polar surface area (TPSA) is 24.5 Å². The number of hydrogen-bond donors (Lipinski definition) is 1. The zero-order valence-corrected chi connectivity index (χ0v) is 16.1. The Hall–Kier alpha value is -1.69. The lowest BCUT2D eigenvalue weighted by Crippen LogP contribution is -2.48. The van der Waals surface area contributed by atoms with Crippen LogP contribution in [-0.4, -0.2) is 23.2 Å². The van der Waals surface area contributed by atoms with Crippen molar-refractivity contribution in [2.24, 2.45) is 0 Å². The van der Waals surface area contributed by atoms with Gasteiger partial charge in [-0.2, -0.15) is 0 Å². The lowest BCUT2D eigenvalue weighted by molar-refractivity contribution is 0.128. The minimum Gasteiger partial charge on any atom is -0.377 e. The molecule has 0 aliphatic carbocycles. The van der Waals surface area contributed by atoms with E-state index >= 15 is 0 Å². The molecule has 25 heavy (non-hydrogen) atoms. The molecule has 128 valence electrons. The van der Waals surface area contributed by atoms with E-state index in [-0.39, 0.29) is 6.04 Å². The number of benzene rings is 2. The molecule has 4 rings (SSSR count). The van der Waals surface area contributed by atoms with Gasteiger partial charge in [-0.05, 0) is 35.5 Å². The first kappa shape index (κ1) is 16.8. The molecular formula is C20H19BrN2OS. The van der Waals surface area contributed by atoms with E-state index in [9.17, 15) is 0 Å². The Morgan fingerprint density at radius 3 is 2.80 bits per heavy atom. The van der Waals surface area contributed by atoms with Gasteiger partial charge >= 0.3 is 0 Å². The number of ether oxygens (including phenoxy) is 1. The van der Waals surface area contributed by atoms with Gasteiger partial charge in [0.15, 0.2) is 5.11 Å². The van der Waals surface area contributed by atoms with E-state index < -0.39 is 0 Å². The second-order valence-electron chi connectivity index (χ2n) is 6.28. The van der Waals surface area contributed by atoms with Crippen LogP contribution in [0.5, 0.6) is 0 Å². The maximum atomic E-state index is 5.78. The third-order valence-electron chi connectivity index (χ3n) is 4.66. The number of nitrogens with one attached hydrogen (secondary N) is 1. The lowest BCUT2D eigenvalue weighted by atomic mass is 9.93. The Morgan fingerprint density at radius 2 is 2.00 bits per heavy atom. The van der Waals surface area contributed by atoms with Crippen LogP contribution >= 0.6 is 28.1 Å². The fraction of sp³-hybridized carbons (Fsp3) is 0.250. The van der Waals surface area contributed by atoms with Gasteiger partial charge in [0, 0.05) is 28.7 Å². The fourth-order valence-electron chi connectivity index (χ4n) is 3.47. The van der Waals surface area contributed by atoms with E-state index in [2.05, 4.69) is 68.6 Å². The SMILES string of the molecule is S=C1N[C@@H](c2cccc(Br)c2)C2=C(CCOC2)N1Cc1ccccc1. The molecule has 1 N–H and O–H groups in total. The molecule has 0 spiro atoms. The van der Waals surface area contributed by atoms with Crippen molar-refractivity contribution in [2.75, 3.05) is 13.2 Å².